The van der Waals surface area contributed by atoms with Crippen LogP contribution in [0.1, 0.15) is 19.3 Å². The maximum Gasteiger partial charge on any atom is 0.253 e. The van der Waals surface area contributed by atoms with Gasteiger partial charge in [0.15, 0.2) is 0 Å². The number of hydrogen-bond acceptors (Lipinski definition) is 5. The molecule has 1 aromatic rings. The van der Waals surface area contributed by atoms with Crippen LogP contribution >= 0.6 is 0 Å². The lowest BCUT2D eigenvalue weighted by atomic mass is 10.2. The number of carbonyl (C=O) groups is 1. The molecule has 21 heavy (non-hydrogen) atoms. The van der Waals surface area contributed by atoms with E-state index in [9.17, 15) is 4.79 Å². The second kappa shape index (κ2) is 7.95. The SMILES string of the molecule is CN(C)CCCNc1ccc(NC(=O)C2CCCO2)cn1. The van der Waals surface area contributed by atoms with Crippen molar-refractivity contribution in [2.24, 2.45) is 0 Å². The van der Waals surface area contributed by atoms with Crippen molar-refractivity contribution in [3.8, 4) is 0 Å². The lowest BCUT2D eigenvalue weighted by Gasteiger charge is -2.12. The topological polar surface area (TPSA) is 66.5 Å². The summed E-state index contributed by atoms with van der Waals surface area (Å²) in [5.41, 5.74) is 0.703. The van der Waals surface area contributed by atoms with E-state index in [0.717, 1.165) is 38.2 Å². The number of aromatic nitrogens is 1. The molecule has 2 heterocycles. The molecular weight excluding hydrogens is 268 g/mol. The third-order valence-corrected chi connectivity index (χ3v) is 3.34. The van der Waals surface area contributed by atoms with Crippen LogP contribution < -0.4 is 10.6 Å². The minimum atomic E-state index is -0.311. The van der Waals surface area contributed by atoms with Crippen LogP contribution in [0.3, 0.4) is 0 Å². The monoisotopic (exact) mass is 292 g/mol. The smallest absolute Gasteiger partial charge is 0.253 e. The van der Waals surface area contributed by atoms with E-state index >= 15 is 0 Å². The van der Waals surface area contributed by atoms with Crippen molar-refractivity contribution in [2.45, 2.75) is 25.4 Å². The van der Waals surface area contributed by atoms with Gasteiger partial charge in [0.1, 0.15) is 11.9 Å². The average molecular weight is 292 g/mol. The van der Waals surface area contributed by atoms with E-state index in [1.807, 2.05) is 12.1 Å². The van der Waals surface area contributed by atoms with Crippen LogP contribution in [0.5, 0.6) is 0 Å². The fourth-order valence-electron chi connectivity index (χ4n) is 2.19. The second-order valence-corrected chi connectivity index (χ2v) is 5.51. The summed E-state index contributed by atoms with van der Waals surface area (Å²) < 4.78 is 5.35. The molecule has 0 radical (unpaired) electrons. The first-order valence-corrected chi connectivity index (χ1v) is 7.42. The fourth-order valence-corrected chi connectivity index (χ4v) is 2.19. The predicted molar refractivity (Wildman–Crippen MR) is 83.5 cm³/mol. The Kier molecular flexibility index (Phi) is 5.95. The van der Waals surface area contributed by atoms with Crippen molar-refractivity contribution in [1.29, 1.82) is 0 Å². The molecule has 1 atom stereocenters. The quantitative estimate of drug-likeness (QED) is 0.747. The molecule has 1 fully saturated rings. The minimum Gasteiger partial charge on any atom is -0.370 e. The second-order valence-electron chi connectivity index (χ2n) is 5.51. The molecule has 0 bridgehead atoms. The van der Waals surface area contributed by atoms with Gasteiger partial charge in [0.2, 0.25) is 0 Å². The Hall–Kier alpha value is -1.66. The zero-order chi connectivity index (χ0) is 15.1. The van der Waals surface area contributed by atoms with Crippen molar-refractivity contribution in [3.63, 3.8) is 0 Å². The Morgan fingerprint density at radius 1 is 1.48 bits per heavy atom. The summed E-state index contributed by atoms with van der Waals surface area (Å²) in [5, 5.41) is 6.09. The largest absolute Gasteiger partial charge is 0.370 e. The van der Waals surface area contributed by atoms with Gasteiger partial charge in [-0.3, -0.25) is 4.79 Å². The normalized spacial score (nSPS) is 18.0. The van der Waals surface area contributed by atoms with Gasteiger partial charge in [-0.15, -0.1) is 0 Å². The number of ether oxygens (including phenoxy) is 1. The highest BCUT2D eigenvalue weighted by Gasteiger charge is 2.23. The fraction of sp³-hybridized carbons (Fsp3) is 0.600. The van der Waals surface area contributed by atoms with Crippen molar-refractivity contribution >= 4 is 17.4 Å². The molecule has 1 aliphatic heterocycles. The molecule has 1 aliphatic rings. The number of anilines is 2. The summed E-state index contributed by atoms with van der Waals surface area (Å²) in [6, 6.07) is 3.73. The third-order valence-electron chi connectivity index (χ3n) is 3.34. The van der Waals surface area contributed by atoms with Crippen LogP contribution in [0.2, 0.25) is 0 Å². The maximum absolute atomic E-state index is 11.9. The molecule has 116 valence electrons. The number of nitrogens with zero attached hydrogens (tertiary/aromatic N) is 2. The van der Waals surface area contributed by atoms with Crippen LogP contribution in [0.15, 0.2) is 18.3 Å². The van der Waals surface area contributed by atoms with E-state index in [-0.39, 0.29) is 12.0 Å². The van der Waals surface area contributed by atoms with Gasteiger partial charge in [-0.05, 0) is 52.0 Å². The van der Waals surface area contributed by atoms with Gasteiger partial charge >= 0.3 is 0 Å². The molecule has 1 amide bonds. The molecule has 2 rings (SSSR count). The molecule has 2 N–H and O–H groups in total. The van der Waals surface area contributed by atoms with Crippen molar-refractivity contribution in [2.75, 3.05) is 44.4 Å². The summed E-state index contributed by atoms with van der Waals surface area (Å²) in [6.45, 7) is 2.60. The Labute approximate surface area is 125 Å². The standard InChI is InChI=1S/C15H24N4O2/c1-19(2)9-4-8-16-14-7-6-12(11-17-14)18-15(20)13-5-3-10-21-13/h6-7,11,13H,3-5,8-10H2,1-2H3,(H,16,17)(H,18,20). The first-order chi connectivity index (χ1) is 10.1. The molecule has 0 spiro atoms. The van der Waals surface area contributed by atoms with Gasteiger partial charge in [0.05, 0.1) is 11.9 Å². The van der Waals surface area contributed by atoms with E-state index in [0.29, 0.717) is 12.3 Å². The number of amides is 1. The number of carbonyl (C=O) groups excluding carboxylic acids is 1. The van der Waals surface area contributed by atoms with Gasteiger partial charge in [-0.1, -0.05) is 0 Å². The summed E-state index contributed by atoms with van der Waals surface area (Å²) >= 11 is 0. The maximum atomic E-state index is 11.9. The van der Waals surface area contributed by atoms with Crippen LogP contribution in [0.4, 0.5) is 11.5 Å². The van der Waals surface area contributed by atoms with Crippen LogP contribution in [0.25, 0.3) is 0 Å². The first kappa shape index (κ1) is 15.7. The van der Waals surface area contributed by atoms with Crippen molar-refractivity contribution in [1.82, 2.24) is 9.88 Å². The van der Waals surface area contributed by atoms with Gasteiger partial charge in [-0.25, -0.2) is 4.98 Å². The summed E-state index contributed by atoms with van der Waals surface area (Å²) in [7, 11) is 4.12. The first-order valence-electron chi connectivity index (χ1n) is 7.42. The highest BCUT2D eigenvalue weighted by atomic mass is 16.5. The average Bonchev–Trinajstić information content (AvgIpc) is 2.99. The molecule has 6 heteroatoms. The Bertz CT molecular complexity index is 441. The van der Waals surface area contributed by atoms with Gasteiger partial charge in [0.25, 0.3) is 5.91 Å². The highest BCUT2D eigenvalue weighted by Crippen LogP contribution is 2.15. The predicted octanol–water partition coefficient (Wildman–Crippen LogP) is 1.56. The van der Waals surface area contributed by atoms with E-state index in [2.05, 4.69) is 34.6 Å². The molecule has 0 aliphatic carbocycles. The highest BCUT2D eigenvalue weighted by molar-refractivity contribution is 5.94. The van der Waals surface area contributed by atoms with Gasteiger partial charge < -0.3 is 20.3 Å². The molecule has 1 saturated heterocycles. The lowest BCUT2D eigenvalue weighted by molar-refractivity contribution is -0.124. The van der Waals surface area contributed by atoms with E-state index in [1.54, 1.807) is 6.20 Å². The molecule has 1 unspecified atom stereocenters. The van der Waals surface area contributed by atoms with Crippen molar-refractivity contribution < 1.29 is 9.53 Å². The van der Waals surface area contributed by atoms with Crippen LogP contribution in [-0.2, 0) is 9.53 Å². The van der Waals surface area contributed by atoms with Gasteiger partial charge in [-0.2, -0.15) is 0 Å². The van der Waals surface area contributed by atoms with Crippen molar-refractivity contribution in [3.05, 3.63) is 18.3 Å². The lowest BCUT2D eigenvalue weighted by Crippen LogP contribution is -2.26. The van der Waals surface area contributed by atoms with Crippen LogP contribution in [0, 0.1) is 0 Å². The van der Waals surface area contributed by atoms with E-state index < -0.39 is 0 Å². The third kappa shape index (κ3) is 5.32. The molecular formula is C15H24N4O2. The molecule has 0 aromatic carbocycles. The summed E-state index contributed by atoms with van der Waals surface area (Å²) in [6.07, 6.45) is 4.17. The Morgan fingerprint density at radius 3 is 2.95 bits per heavy atom. The number of hydrogen-bond donors (Lipinski definition) is 2. The Morgan fingerprint density at radius 2 is 2.33 bits per heavy atom. The number of nitrogens with one attached hydrogen (secondary N) is 2. The minimum absolute atomic E-state index is 0.0824. The van der Waals surface area contributed by atoms with Crippen LogP contribution in [-0.4, -0.2) is 55.7 Å². The zero-order valence-corrected chi connectivity index (χ0v) is 12.8. The van der Waals surface area contributed by atoms with Gasteiger partial charge in [0, 0.05) is 13.2 Å². The summed E-state index contributed by atoms with van der Waals surface area (Å²) in [4.78, 5) is 18.3. The number of pyridine rings is 1. The molecule has 6 nitrogen and oxygen atoms in total. The van der Waals surface area contributed by atoms with E-state index in [1.165, 1.54) is 0 Å². The number of rotatable bonds is 7. The molecule has 1 aromatic heterocycles. The Balaban J connectivity index is 1.74. The summed E-state index contributed by atoms with van der Waals surface area (Å²) in [5.74, 6) is 0.741. The van der Waals surface area contributed by atoms with E-state index in [4.69, 9.17) is 4.74 Å². The zero-order valence-electron chi connectivity index (χ0n) is 12.8. The molecule has 0 saturated carbocycles.